The van der Waals surface area contributed by atoms with Crippen molar-refractivity contribution in [2.45, 2.75) is 53.1 Å². The van der Waals surface area contributed by atoms with E-state index in [-0.39, 0.29) is 24.0 Å². The van der Waals surface area contributed by atoms with E-state index in [0.717, 1.165) is 35.3 Å². The van der Waals surface area contributed by atoms with Gasteiger partial charge in [0.25, 0.3) is 0 Å². The van der Waals surface area contributed by atoms with Gasteiger partial charge in [-0.2, -0.15) is 0 Å². The van der Waals surface area contributed by atoms with Gasteiger partial charge < -0.3 is 14.2 Å². The van der Waals surface area contributed by atoms with E-state index in [1.807, 2.05) is 0 Å². The average molecular weight is 344 g/mol. The van der Waals surface area contributed by atoms with Crippen LogP contribution >= 0.6 is 0 Å². The number of hydrogen-bond acceptors (Lipinski definition) is 5. The first-order valence-corrected chi connectivity index (χ1v) is 8.78. The van der Waals surface area contributed by atoms with Crippen molar-refractivity contribution in [3.05, 3.63) is 46.5 Å². The summed E-state index contributed by atoms with van der Waals surface area (Å²) in [6.45, 7) is 8.17. The molecule has 1 aliphatic carbocycles. The molecule has 25 heavy (non-hydrogen) atoms. The first kappa shape index (κ1) is 17.5. The third-order valence-corrected chi connectivity index (χ3v) is 4.55. The summed E-state index contributed by atoms with van der Waals surface area (Å²) in [6, 6.07) is 0. The van der Waals surface area contributed by atoms with Crippen LogP contribution in [0.4, 0.5) is 0 Å². The molecule has 5 heteroatoms. The summed E-state index contributed by atoms with van der Waals surface area (Å²) < 4.78 is 16.8. The fourth-order valence-electron chi connectivity index (χ4n) is 3.48. The summed E-state index contributed by atoms with van der Waals surface area (Å²) in [5.74, 6) is 0.563. The minimum atomic E-state index is -0.502. The Morgan fingerprint density at radius 2 is 2.08 bits per heavy atom. The number of ether oxygens (including phenoxy) is 3. The summed E-state index contributed by atoms with van der Waals surface area (Å²) in [7, 11) is 0. The molecular weight excluding hydrogens is 320 g/mol. The number of hydrogen-bond donors (Lipinski definition) is 0. The molecule has 0 aromatic rings. The minimum Gasteiger partial charge on any atom is -0.489 e. The van der Waals surface area contributed by atoms with Gasteiger partial charge in [-0.05, 0) is 37.5 Å². The third kappa shape index (κ3) is 3.28. The number of carbonyl (C=O) groups is 2. The van der Waals surface area contributed by atoms with Crippen molar-refractivity contribution in [3.8, 4) is 0 Å². The Hall–Kier alpha value is -2.30. The van der Waals surface area contributed by atoms with Crippen molar-refractivity contribution in [1.29, 1.82) is 0 Å². The van der Waals surface area contributed by atoms with Gasteiger partial charge in [-0.1, -0.05) is 26.3 Å². The zero-order valence-corrected chi connectivity index (χ0v) is 15.2. The normalized spacial score (nSPS) is 24.1. The summed E-state index contributed by atoms with van der Waals surface area (Å²) in [5.41, 5.74) is 2.46. The Morgan fingerprint density at radius 3 is 2.76 bits per heavy atom. The molecule has 1 unspecified atom stereocenters. The molecule has 134 valence electrons. The topological polar surface area (TPSA) is 61.8 Å². The summed E-state index contributed by atoms with van der Waals surface area (Å²) in [4.78, 5) is 23.6. The molecule has 3 aliphatic rings. The van der Waals surface area contributed by atoms with Crippen molar-refractivity contribution in [3.63, 3.8) is 0 Å². The van der Waals surface area contributed by atoms with Crippen LogP contribution in [0.25, 0.3) is 0 Å². The van der Waals surface area contributed by atoms with Crippen LogP contribution in [0.1, 0.15) is 47.0 Å². The van der Waals surface area contributed by atoms with Gasteiger partial charge in [-0.3, -0.25) is 4.79 Å². The number of esters is 2. The van der Waals surface area contributed by atoms with Crippen LogP contribution in [0.5, 0.6) is 0 Å². The predicted molar refractivity (Wildman–Crippen MR) is 92.2 cm³/mol. The first-order valence-electron chi connectivity index (χ1n) is 8.78. The largest absolute Gasteiger partial charge is 0.489 e. The van der Waals surface area contributed by atoms with Crippen LogP contribution in [0.15, 0.2) is 46.5 Å². The molecule has 5 nitrogen and oxygen atoms in total. The second kappa shape index (κ2) is 6.54. The highest BCUT2D eigenvalue weighted by Crippen LogP contribution is 2.46. The van der Waals surface area contributed by atoms with E-state index in [1.165, 1.54) is 0 Å². The third-order valence-electron chi connectivity index (χ3n) is 4.55. The van der Waals surface area contributed by atoms with Crippen LogP contribution in [0.3, 0.4) is 0 Å². The zero-order valence-electron chi connectivity index (χ0n) is 15.2. The first-order chi connectivity index (χ1) is 11.9. The van der Waals surface area contributed by atoms with Crippen LogP contribution < -0.4 is 0 Å². The molecule has 0 aromatic carbocycles. The van der Waals surface area contributed by atoms with Gasteiger partial charge in [0.05, 0.1) is 0 Å². The van der Waals surface area contributed by atoms with E-state index in [0.29, 0.717) is 12.2 Å². The van der Waals surface area contributed by atoms with Gasteiger partial charge >= 0.3 is 11.9 Å². The van der Waals surface area contributed by atoms with E-state index in [2.05, 4.69) is 26.8 Å². The Labute approximate surface area is 148 Å². The lowest BCUT2D eigenvalue weighted by molar-refractivity contribution is -0.142. The van der Waals surface area contributed by atoms with Crippen molar-refractivity contribution in [2.24, 2.45) is 5.41 Å². The van der Waals surface area contributed by atoms with E-state index < -0.39 is 6.10 Å². The van der Waals surface area contributed by atoms with Crippen molar-refractivity contribution in [1.82, 2.24) is 0 Å². The molecule has 0 spiro atoms. The van der Waals surface area contributed by atoms with Gasteiger partial charge in [0.2, 0.25) is 0 Å². The van der Waals surface area contributed by atoms with Crippen LogP contribution in [0.2, 0.25) is 0 Å². The molecule has 0 aromatic heterocycles. The minimum absolute atomic E-state index is 0.204. The van der Waals surface area contributed by atoms with Crippen LogP contribution in [-0.2, 0) is 23.8 Å². The molecule has 0 fully saturated rings. The van der Waals surface area contributed by atoms with Crippen LogP contribution in [0, 0.1) is 5.41 Å². The highest BCUT2D eigenvalue weighted by atomic mass is 16.6. The fraction of sp³-hybridized carbons (Fsp3) is 0.500. The molecule has 0 bridgehead atoms. The maximum absolute atomic E-state index is 12.0. The molecule has 2 aliphatic heterocycles. The van der Waals surface area contributed by atoms with Crippen molar-refractivity contribution in [2.75, 3.05) is 6.61 Å². The molecule has 2 heterocycles. The van der Waals surface area contributed by atoms with Gasteiger partial charge in [-0.25, -0.2) is 4.79 Å². The zero-order chi connectivity index (χ0) is 18.2. The Bertz CT molecular complexity index is 733. The maximum atomic E-state index is 12.0. The summed E-state index contributed by atoms with van der Waals surface area (Å²) in [5, 5.41) is 0. The molecule has 3 rings (SSSR count). The monoisotopic (exact) mass is 344 g/mol. The number of carbonyl (C=O) groups excluding carboxylic acids is 2. The van der Waals surface area contributed by atoms with E-state index >= 15 is 0 Å². The van der Waals surface area contributed by atoms with Crippen molar-refractivity contribution < 1.29 is 23.8 Å². The lowest BCUT2D eigenvalue weighted by Gasteiger charge is -2.40. The molecule has 0 radical (unpaired) electrons. The van der Waals surface area contributed by atoms with Crippen molar-refractivity contribution >= 4 is 11.9 Å². The molecule has 1 atom stereocenters. The lowest BCUT2D eigenvalue weighted by atomic mass is 9.74. The molecule has 0 N–H and O–H groups in total. The second-order valence-electron chi connectivity index (χ2n) is 7.07. The SMILES string of the molecule is CCCC1=CC(=O)OC2C1=CC(C)(C)C1=C2C=C(OC(=O)CC)CO1. The van der Waals surface area contributed by atoms with Gasteiger partial charge in [0, 0.05) is 23.5 Å². The highest BCUT2D eigenvalue weighted by Gasteiger charge is 2.42. The maximum Gasteiger partial charge on any atom is 0.331 e. The van der Waals surface area contributed by atoms with E-state index in [4.69, 9.17) is 14.2 Å². The average Bonchev–Trinajstić information content (AvgIpc) is 2.56. The molecule has 0 saturated carbocycles. The Kier molecular flexibility index (Phi) is 4.58. The van der Waals surface area contributed by atoms with E-state index in [9.17, 15) is 9.59 Å². The highest BCUT2D eigenvalue weighted by molar-refractivity contribution is 5.87. The standard InChI is InChI=1S/C20H24O5/c1-5-7-12-8-17(22)25-18-14-9-13(24-16(21)6-2)11-23-19(14)20(3,4)10-15(12)18/h8-10,18H,5-7,11H2,1-4H3. The predicted octanol–water partition coefficient (Wildman–Crippen LogP) is 3.73. The fourth-order valence-corrected chi connectivity index (χ4v) is 3.48. The molecule has 0 saturated heterocycles. The molecule has 0 amide bonds. The second-order valence-corrected chi connectivity index (χ2v) is 7.07. The van der Waals surface area contributed by atoms with Crippen LogP contribution in [-0.4, -0.2) is 24.6 Å². The molecular formula is C20H24O5. The van der Waals surface area contributed by atoms with E-state index in [1.54, 1.807) is 19.1 Å². The Balaban J connectivity index is 2.02. The summed E-state index contributed by atoms with van der Waals surface area (Å²) >= 11 is 0. The quantitative estimate of drug-likeness (QED) is 0.727. The number of rotatable bonds is 4. The van der Waals surface area contributed by atoms with Gasteiger partial charge in [-0.15, -0.1) is 0 Å². The van der Waals surface area contributed by atoms with Gasteiger partial charge in [0.15, 0.2) is 6.10 Å². The Morgan fingerprint density at radius 1 is 1.32 bits per heavy atom. The lowest BCUT2D eigenvalue weighted by Crippen LogP contribution is -2.36. The number of fused-ring (bicyclic) bond motifs is 2. The summed E-state index contributed by atoms with van der Waals surface area (Å²) in [6.07, 6.45) is 7.06. The number of allylic oxidation sites excluding steroid dienone is 1. The smallest absolute Gasteiger partial charge is 0.331 e. The van der Waals surface area contributed by atoms with Gasteiger partial charge in [0.1, 0.15) is 18.1 Å².